The molecule has 0 unspecified atom stereocenters. The Bertz CT molecular complexity index is 288. The second kappa shape index (κ2) is 4.33. The van der Waals surface area contributed by atoms with Crippen molar-refractivity contribution in [3.63, 3.8) is 0 Å². The van der Waals surface area contributed by atoms with Gasteiger partial charge in [-0.15, -0.1) is 0 Å². The molecule has 1 rings (SSSR count). The lowest BCUT2D eigenvalue weighted by Gasteiger charge is -2.27. The standard InChI is InChI=1S/C12H18ClN/c1-9(14)8-12(2,3)10-4-6-11(13)7-5-10/h4-7,9H,8,14H2,1-3H3/t9-/m0/s1. The third kappa shape index (κ3) is 3.00. The van der Waals surface area contributed by atoms with Gasteiger partial charge in [-0.3, -0.25) is 0 Å². The zero-order valence-corrected chi connectivity index (χ0v) is 9.81. The van der Waals surface area contributed by atoms with E-state index < -0.39 is 0 Å². The van der Waals surface area contributed by atoms with Crippen LogP contribution < -0.4 is 5.73 Å². The van der Waals surface area contributed by atoms with Crippen molar-refractivity contribution in [3.05, 3.63) is 34.9 Å². The molecule has 78 valence electrons. The van der Waals surface area contributed by atoms with Crippen molar-refractivity contribution in [1.29, 1.82) is 0 Å². The van der Waals surface area contributed by atoms with E-state index in [-0.39, 0.29) is 11.5 Å². The highest BCUT2D eigenvalue weighted by atomic mass is 35.5. The molecule has 0 fully saturated rings. The zero-order valence-electron chi connectivity index (χ0n) is 9.05. The van der Waals surface area contributed by atoms with Gasteiger partial charge in [0, 0.05) is 11.1 Å². The van der Waals surface area contributed by atoms with Gasteiger partial charge in [-0.1, -0.05) is 37.6 Å². The quantitative estimate of drug-likeness (QED) is 0.816. The van der Waals surface area contributed by atoms with Crippen LogP contribution in [0.15, 0.2) is 24.3 Å². The van der Waals surface area contributed by atoms with E-state index in [1.807, 2.05) is 19.1 Å². The van der Waals surface area contributed by atoms with Crippen molar-refractivity contribution < 1.29 is 0 Å². The molecule has 0 aliphatic rings. The van der Waals surface area contributed by atoms with Crippen molar-refractivity contribution in [2.24, 2.45) is 5.73 Å². The zero-order chi connectivity index (χ0) is 10.8. The Hall–Kier alpha value is -0.530. The first-order chi connectivity index (χ1) is 6.42. The van der Waals surface area contributed by atoms with Crippen molar-refractivity contribution in [1.82, 2.24) is 0 Å². The molecule has 0 heterocycles. The van der Waals surface area contributed by atoms with E-state index in [0.29, 0.717) is 0 Å². The molecule has 1 aromatic carbocycles. The van der Waals surface area contributed by atoms with Gasteiger partial charge in [-0.2, -0.15) is 0 Å². The van der Waals surface area contributed by atoms with Crippen LogP contribution in [0.2, 0.25) is 5.02 Å². The summed E-state index contributed by atoms with van der Waals surface area (Å²) in [6.45, 7) is 6.46. The highest BCUT2D eigenvalue weighted by molar-refractivity contribution is 6.30. The van der Waals surface area contributed by atoms with Gasteiger partial charge in [0.05, 0.1) is 0 Å². The second-order valence-electron chi connectivity index (χ2n) is 4.57. The third-order valence-electron chi connectivity index (χ3n) is 2.46. The van der Waals surface area contributed by atoms with Crippen LogP contribution in [0, 0.1) is 0 Å². The molecule has 0 aliphatic heterocycles. The fraction of sp³-hybridized carbons (Fsp3) is 0.500. The monoisotopic (exact) mass is 211 g/mol. The van der Waals surface area contributed by atoms with Gasteiger partial charge in [0.1, 0.15) is 0 Å². The fourth-order valence-electron chi connectivity index (χ4n) is 1.82. The van der Waals surface area contributed by atoms with E-state index in [2.05, 4.69) is 26.0 Å². The highest BCUT2D eigenvalue weighted by Crippen LogP contribution is 2.28. The number of hydrogen-bond acceptors (Lipinski definition) is 1. The first-order valence-corrected chi connectivity index (χ1v) is 5.31. The molecule has 0 saturated carbocycles. The summed E-state index contributed by atoms with van der Waals surface area (Å²) < 4.78 is 0. The van der Waals surface area contributed by atoms with Gasteiger partial charge in [0.2, 0.25) is 0 Å². The Labute approximate surface area is 91.3 Å². The summed E-state index contributed by atoms with van der Waals surface area (Å²) >= 11 is 5.84. The topological polar surface area (TPSA) is 26.0 Å². The van der Waals surface area contributed by atoms with E-state index in [0.717, 1.165) is 11.4 Å². The van der Waals surface area contributed by atoms with E-state index in [1.54, 1.807) is 0 Å². The smallest absolute Gasteiger partial charge is 0.0406 e. The molecule has 14 heavy (non-hydrogen) atoms. The van der Waals surface area contributed by atoms with Crippen LogP contribution in [0.25, 0.3) is 0 Å². The maximum absolute atomic E-state index is 5.84. The molecule has 0 saturated heterocycles. The minimum absolute atomic E-state index is 0.124. The van der Waals surface area contributed by atoms with Crippen LogP contribution in [0.1, 0.15) is 32.8 Å². The largest absolute Gasteiger partial charge is 0.328 e. The molecular weight excluding hydrogens is 194 g/mol. The fourth-order valence-corrected chi connectivity index (χ4v) is 1.95. The van der Waals surface area contributed by atoms with Gasteiger partial charge >= 0.3 is 0 Å². The van der Waals surface area contributed by atoms with Gasteiger partial charge in [0.25, 0.3) is 0 Å². The van der Waals surface area contributed by atoms with Gasteiger partial charge in [-0.05, 0) is 36.5 Å². The van der Waals surface area contributed by atoms with Crippen molar-refractivity contribution in [3.8, 4) is 0 Å². The predicted molar refractivity (Wildman–Crippen MR) is 62.7 cm³/mol. The van der Waals surface area contributed by atoms with Crippen molar-refractivity contribution >= 4 is 11.6 Å². The maximum Gasteiger partial charge on any atom is 0.0406 e. The molecule has 0 aromatic heterocycles. The van der Waals surface area contributed by atoms with Crippen LogP contribution in [0.5, 0.6) is 0 Å². The first-order valence-electron chi connectivity index (χ1n) is 4.93. The SMILES string of the molecule is C[C@H](N)CC(C)(C)c1ccc(Cl)cc1. The van der Waals surface area contributed by atoms with Gasteiger partial charge < -0.3 is 5.73 Å². The number of rotatable bonds is 3. The molecule has 0 radical (unpaired) electrons. The number of benzene rings is 1. The molecule has 2 N–H and O–H groups in total. The summed E-state index contributed by atoms with van der Waals surface area (Å²) in [5, 5.41) is 0.783. The summed E-state index contributed by atoms with van der Waals surface area (Å²) in [5.74, 6) is 0. The summed E-state index contributed by atoms with van der Waals surface area (Å²) in [7, 11) is 0. The highest BCUT2D eigenvalue weighted by Gasteiger charge is 2.21. The Morgan fingerprint density at radius 2 is 1.79 bits per heavy atom. The summed E-state index contributed by atoms with van der Waals surface area (Å²) in [4.78, 5) is 0. The molecule has 2 heteroatoms. The molecule has 1 nitrogen and oxygen atoms in total. The number of hydrogen-bond donors (Lipinski definition) is 1. The second-order valence-corrected chi connectivity index (χ2v) is 5.01. The van der Waals surface area contributed by atoms with Crippen molar-refractivity contribution in [2.45, 2.75) is 38.6 Å². The van der Waals surface area contributed by atoms with Gasteiger partial charge in [-0.25, -0.2) is 0 Å². The average Bonchev–Trinajstić information content (AvgIpc) is 2.02. The summed E-state index contributed by atoms with van der Waals surface area (Å²) in [6.07, 6.45) is 0.981. The molecule has 1 atom stereocenters. The summed E-state index contributed by atoms with van der Waals surface area (Å²) in [5.41, 5.74) is 7.23. The number of halogens is 1. The Morgan fingerprint density at radius 1 is 1.29 bits per heavy atom. The van der Waals surface area contributed by atoms with Crippen LogP contribution in [0.3, 0.4) is 0 Å². The molecular formula is C12H18ClN. The van der Waals surface area contributed by atoms with Crippen LogP contribution >= 0.6 is 11.6 Å². The Morgan fingerprint density at radius 3 is 2.21 bits per heavy atom. The van der Waals surface area contributed by atoms with E-state index >= 15 is 0 Å². The number of nitrogens with two attached hydrogens (primary N) is 1. The lowest BCUT2D eigenvalue weighted by atomic mass is 9.79. The Balaban J connectivity index is 2.86. The van der Waals surface area contributed by atoms with Crippen molar-refractivity contribution in [2.75, 3.05) is 0 Å². The van der Waals surface area contributed by atoms with Crippen LogP contribution in [-0.4, -0.2) is 6.04 Å². The van der Waals surface area contributed by atoms with Gasteiger partial charge in [0.15, 0.2) is 0 Å². The van der Waals surface area contributed by atoms with Crippen LogP contribution in [0.4, 0.5) is 0 Å². The molecule has 0 bridgehead atoms. The van der Waals surface area contributed by atoms with Crippen LogP contribution in [-0.2, 0) is 5.41 Å². The summed E-state index contributed by atoms with van der Waals surface area (Å²) in [6, 6.07) is 8.23. The van der Waals surface area contributed by atoms with E-state index in [4.69, 9.17) is 17.3 Å². The predicted octanol–water partition coefficient (Wildman–Crippen LogP) is 3.35. The minimum atomic E-state index is 0.124. The third-order valence-corrected chi connectivity index (χ3v) is 2.71. The molecule has 0 spiro atoms. The maximum atomic E-state index is 5.84. The molecule has 0 amide bonds. The van der Waals surface area contributed by atoms with E-state index in [9.17, 15) is 0 Å². The normalized spacial score (nSPS) is 14.1. The average molecular weight is 212 g/mol. The Kier molecular flexibility index (Phi) is 3.57. The minimum Gasteiger partial charge on any atom is -0.328 e. The molecule has 1 aromatic rings. The lowest BCUT2D eigenvalue weighted by Crippen LogP contribution is -2.28. The first kappa shape index (κ1) is 11.5. The molecule has 0 aliphatic carbocycles. The van der Waals surface area contributed by atoms with E-state index in [1.165, 1.54) is 5.56 Å². The lowest BCUT2D eigenvalue weighted by molar-refractivity contribution is 0.437.